The van der Waals surface area contributed by atoms with Crippen LogP contribution >= 0.6 is 11.6 Å². The predicted octanol–water partition coefficient (Wildman–Crippen LogP) is 4.68. The van der Waals surface area contributed by atoms with Gasteiger partial charge in [-0.15, -0.1) is 0 Å². The molecule has 2 aromatic carbocycles. The Morgan fingerprint density at radius 3 is 2.34 bits per heavy atom. The number of benzene rings is 2. The maximum absolute atomic E-state index is 13.9. The topological polar surface area (TPSA) is 96.0 Å². The van der Waals surface area contributed by atoms with Gasteiger partial charge in [0, 0.05) is 17.6 Å². The van der Waals surface area contributed by atoms with Crippen molar-refractivity contribution in [2.24, 2.45) is 0 Å². The average Bonchev–Trinajstić information content (AvgIpc) is 2.88. The first kappa shape index (κ1) is 29.8. The molecule has 0 radical (unpaired) electrons. The van der Waals surface area contributed by atoms with Gasteiger partial charge in [0.25, 0.3) is 0 Å². The Balaban J connectivity index is 1.95. The fraction of sp³-hybridized carbons (Fsp3) is 0.500. The minimum Gasteiger partial charge on any atom is -0.495 e. The Labute approximate surface area is 231 Å². The molecule has 1 aliphatic rings. The largest absolute Gasteiger partial charge is 0.495 e. The number of anilines is 1. The first-order valence-corrected chi connectivity index (χ1v) is 15.2. The molecule has 0 aromatic heterocycles. The molecule has 1 fully saturated rings. The summed E-state index contributed by atoms with van der Waals surface area (Å²) in [4.78, 5) is 28.8. The van der Waals surface area contributed by atoms with Crippen molar-refractivity contribution in [3.63, 3.8) is 0 Å². The Bertz CT molecular complexity index is 1210. The van der Waals surface area contributed by atoms with Gasteiger partial charge in [-0.05, 0) is 49.9 Å². The predicted molar refractivity (Wildman–Crippen MR) is 151 cm³/mol. The van der Waals surface area contributed by atoms with Gasteiger partial charge in [0.05, 0.1) is 19.1 Å². The van der Waals surface area contributed by atoms with Crippen LogP contribution < -0.4 is 14.4 Å². The minimum atomic E-state index is -3.90. The summed E-state index contributed by atoms with van der Waals surface area (Å²) in [5, 5.41) is 3.44. The molecule has 208 valence electrons. The second kappa shape index (κ2) is 13.3. The summed E-state index contributed by atoms with van der Waals surface area (Å²) in [5.74, 6) is -0.449. The molecular weight excluding hydrogens is 526 g/mol. The first-order valence-electron chi connectivity index (χ1n) is 13.0. The van der Waals surface area contributed by atoms with E-state index in [0.717, 1.165) is 53.8 Å². The van der Waals surface area contributed by atoms with Crippen molar-refractivity contribution in [3.8, 4) is 5.75 Å². The fourth-order valence-corrected chi connectivity index (χ4v) is 5.82. The molecule has 0 heterocycles. The van der Waals surface area contributed by atoms with Gasteiger partial charge in [-0.25, -0.2) is 8.42 Å². The van der Waals surface area contributed by atoms with Crippen molar-refractivity contribution in [2.45, 2.75) is 71.0 Å². The van der Waals surface area contributed by atoms with Crippen molar-refractivity contribution in [1.82, 2.24) is 10.2 Å². The van der Waals surface area contributed by atoms with E-state index in [9.17, 15) is 18.0 Å². The van der Waals surface area contributed by atoms with Crippen LogP contribution in [0.5, 0.6) is 5.75 Å². The molecule has 3 rings (SSSR count). The summed E-state index contributed by atoms with van der Waals surface area (Å²) in [6.45, 7) is 3.49. The van der Waals surface area contributed by atoms with Gasteiger partial charge in [0.2, 0.25) is 21.8 Å². The van der Waals surface area contributed by atoms with Crippen LogP contribution in [0.2, 0.25) is 5.02 Å². The third-order valence-electron chi connectivity index (χ3n) is 6.90. The van der Waals surface area contributed by atoms with Gasteiger partial charge in [-0.3, -0.25) is 13.9 Å². The fourth-order valence-electron chi connectivity index (χ4n) is 4.81. The van der Waals surface area contributed by atoms with Gasteiger partial charge in [-0.1, -0.05) is 67.6 Å². The van der Waals surface area contributed by atoms with Crippen LogP contribution in [0.1, 0.15) is 56.6 Å². The number of nitrogens with zero attached hydrogens (tertiary/aromatic N) is 2. The van der Waals surface area contributed by atoms with Crippen LogP contribution in [0.15, 0.2) is 42.5 Å². The number of nitrogens with one attached hydrogen (secondary N) is 1. The molecule has 1 N–H and O–H groups in total. The van der Waals surface area contributed by atoms with Crippen molar-refractivity contribution < 1.29 is 22.7 Å². The van der Waals surface area contributed by atoms with Gasteiger partial charge < -0.3 is 15.0 Å². The Hall–Kier alpha value is -2.78. The second-order valence-electron chi connectivity index (χ2n) is 9.86. The number of amides is 2. The molecule has 2 aromatic rings. The molecule has 1 aliphatic carbocycles. The molecule has 38 heavy (non-hydrogen) atoms. The lowest BCUT2D eigenvalue weighted by atomic mass is 9.95. The normalized spacial score (nSPS) is 15.0. The summed E-state index contributed by atoms with van der Waals surface area (Å²) in [5.41, 5.74) is 2.08. The van der Waals surface area contributed by atoms with E-state index in [1.165, 1.54) is 18.1 Å². The van der Waals surface area contributed by atoms with Crippen LogP contribution in [-0.4, -0.2) is 57.1 Å². The summed E-state index contributed by atoms with van der Waals surface area (Å²) >= 11 is 6.17. The monoisotopic (exact) mass is 563 g/mol. The Kier molecular flexibility index (Phi) is 10.4. The molecule has 0 aliphatic heterocycles. The van der Waals surface area contributed by atoms with Crippen LogP contribution in [0.4, 0.5) is 5.69 Å². The summed E-state index contributed by atoms with van der Waals surface area (Å²) in [6.07, 6.45) is 6.55. The highest BCUT2D eigenvalue weighted by Gasteiger charge is 2.33. The lowest BCUT2D eigenvalue weighted by Crippen LogP contribution is -2.54. The maximum atomic E-state index is 13.9. The highest BCUT2D eigenvalue weighted by Crippen LogP contribution is 2.33. The maximum Gasteiger partial charge on any atom is 0.244 e. The first-order chi connectivity index (χ1) is 18.0. The Morgan fingerprint density at radius 1 is 1.11 bits per heavy atom. The van der Waals surface area contributed by atoms with Crippen molar-refractivity contribution in [1.29, 1.82) is 0 Å². The SMILES string of the molecule is CC[C@H](C(=O)NC1CCCCC1)N(Cc1ccc(C)cc1)C(=O)CN(c1cc(Cl)ccc1OC)S(C)(=O)=O. The third kappa shape index (κ3) is 7.86. The summed E-state index contributed by atoms with van der Waals surface area (Å²) in [7, 11) is -2.49. The van der Waals surface area contributed by atoms with Crippen molar-refractivity contribution >= 4 is 39.1 Å². The van der Waals surface area contributed by atoms with E-state index in [0.29, 0.717) is 11.4 Å². The zero-order valence-electron chi connectivity index (χ0n) is 22.6. The highest BCUT2D eigenvalue weighted by molar-refractivity contribution is 7.92. The molecule has 0 unspecified atom stereocenters. The van der Waals surface area contributed by atoms with E-state index >= 15 is 0 Å². The molecule has 1 saturated carbocycles. The number of hydrogen-bond donors (Lipinski definition) is 1. The second-order valence-corrected chi connectivity index (χ2v) is 12.2. The lowest BCUT2D eigenvalue weighted by molar-refractivity contribution is -0.140. The molecule has 1 atom stereocenters. The number of halogens is 1. The zero-order valence-corrected chi connectivity index (χ0v) is 24.1. The van der Waals surface area contributed by atoms with Gasteiger partial charge >= 0.3 is 0 Å². The summed E-state index contributed by atoms with van der Waals surface area (Å²) < 4.78 is 32.1. The Morgan fingerprint density at radius 2 is 1.76 bits per heavy atom. The highest BCUT2D eigenvalue weighted by atomic mass is 35.5. The summed E-state index contributed by atoms with van der Waals surface area (Å²) in [6, 6.07) is 11.6. The molecular formula is C28H38ClN3O5S. The minimum absolute atomic E-state index is 0.0878. The van der Waals surface area contributed by atoms with Crippen LogP contribution in [0.25, 0.3) is 0 Å². The molecule has 10 heteroatoms. The molecule has 0 spiro atoms. The van der Waals surface area contributed by atoms with E-state index in [4.69, 9.17) is 16.3 Å². The van der Waals surface area contributed by atoms with Crippen LogP contribution in [0, 0.1) is 6.92 Å². The molecule has 8 nitrogen and oxygen atoms in total. The van der Waals surface area contributed by atoms with Crippen molar-refractivity contribution in [2.75, 3.05) is 24.2 Å². The van der Waals surface area contributed by atoms with Gasteiger partial charge in [0.15, 0.2) is 0 Å². The molecule has 0 bridgehead atoms. The van der Waals surface area contributed by atoms with Gasteiger partial charge in [0.1, 0.15) is 18.3 Å². The van der Waals surface area contributed by atoms with E-state index in [1.807, 2.05) is 38.1 Å². The number of methoxy groups -OCH3 is 1. The quantitative estimate of drug-likeness (QED) is 0.428. The zero-order chi connectivity index (χ0) is 27.9. The standard InChI is InChI=1S/C28H38ClN3O5S/c1-5-24(28(34)30-23-9-7-6-8-10-23)31(18-21-13-11-20(2)12-14-21)27(33)19-32(38(4,35)36)25-17-22(29)15-16-26(25)37-3/h11-17,23-24H,5-10,18-19H2,1-4H3,(H,30,34)/t24-/m1/s1. The van der Waals surface area contributed by atoms with E-state index in [2.05, 4.69) is 5.32 Å². The number of carbonyl (C=O) groups is 2. The number of rotatable bonds is 11. The number of hydrogen-bond acceptors (Lipinski definition) is 5. The number of ether oxygens (including phenoxy) is 1. The van der Waals surface area contributed by atoms with E-state index < -0.39 is 28.5 Å². The lowest BCUT2D eigenvalue weighted by Gasteiger charge is -2.34. The third-order valence-corrected chi connectivity index (χ3v) is 8.26. The number of carbonyl (C=O) groups excluding carboxylic acids is 2. The number of aryl methyl sites for hydroxylation is 1. The van der Waals surface area contributed by atoms with Gasteiger partial charge in [-0.2, -0.15) is 0 Å². The van der Waals surface area contributed by atoms with Crippen molar-refractivity contribution in [3.05, 3.63) is 58.6 Å². The number of sulfonamides is 1. The van der Waals surface area contributed by atoms with E-state index in [-0.39, 0.29) is 29.9 Å². The van der Waals surface area contributed by atoms with Crippen LogP contribution in [-0.2, 0) is 26.2 Å². The van der Waals surface area contributed by atoms with E-state index in [1.54, 1.807) is 12.1 Å². The average molecular weight is 564 g/mol. The molecule has 0 saturated heterocycles. The molecule has 2 amide bonds. The smallest absolute Gasteiger partial charge is 0.244 e. The van der Waals surface area contributed by atoms with Crippen LogP contribution in [0.3, 0.4) is 0 Å².